The fraction of sp³-hybridized carbons (Fsp3) is 0.636. The lowest BCUT2D eigenvalue weighted by Gasteiger charge is -2.30. The third kappa shape index (κ3) is 2.55. The zero-order valence-corrected chi connectivity index (χ0v) is 9.92. The van der Waals surface area contributed by atoms with Crippen molar-refractivity contribution in [1.82, 2.24) is 0 Å². The van der Waals surface area contributed by atoms with Crippen molar-refractivity contribution in [2.45, 2.75) is 45.0 Å². The lowest BCUT2D eigenvalue weighted by atomic mass is 10.4. The summed E-state index contributed by atoms with van der Waals surface area (Å²) < 4.78 is 6.21. The molecule has 0 heterocycles. The molecule has 0 amide bonds. The summed E-state index contributed by atoms with van der Waals surface area (Å²) in [4.78, 5) is 0. The molecule has 0 radical (unpaired) electrons. The van der Waals surface area contributed by atoms with Crippen LogP contribution in [0.2, 0.25) is 18.1 Å². The van der Waals surface area contributed by atoms with Gasteiger partial charge in [-0.15, -0.1) is 0 Å². The van der Waals surface area contributed by atoms with Crippen molar-refractivity contribution in [3.05, 3.63) is 24.3 Å². The summed E-state index contributed by atoms with van der Waals surface area (Å²) in [6.07, 6.45) is 8.70. The minimum Gasteiger partial charge on any atom is -0.407 e. The molecule has 0 bridgehead atoms. The van der Waals surface area contributed by atoms with Crippen LogP contribution in [0.1, 0.15) is 20.8 Å². The number of hydrogen-bond acceptors (Lipinski definition) is 1. The first kappa shape index (κ1) is 10.7. The molecular weight excluding hydrogens is 176 g/mol. The van der Waals surface area contributed by atoms with Crippen molar-refractivity contribution in [2.24, 2.45) is 0 Å². The lowest BCUT2D eigenvalue weighted by molar-refractivity contribution is 0.280. The van der Waals surface area contributed by atoms with E-state index in [1.54, 1.807) is 0 Å². The number of hydrogen-bond donors (Lipinski definition) is 0. The van der Waals surface area contributed by atoms with E-state index in [9.17, 15) is 0 Å². The predicted molar refractivity (Wildman–Crippen MR) is 60.4 cm³/mol. The lowest BCUT2D eigenvalue weighted by Crippen LogP contribution is -2.38. The Morgan fingerprint density at radius 2 is 1.46 bits per heavy atom. The highest BCUT2D eigenvalue weighted by molar-refractivity contribution is 6.73. The van der Waals surface area contributed by atoms with E-state index < -0.39 is 8.32 Å². The van der Waals surface area contributed by atoms with Gasteiger partial charge in [-0.3, -0.25) is 0 Å². The first-order chi connectivity index (χ1) is 6.26. The second-order valence-electron chi connectivity index (χ2n) is 3.60. The quantitative estimate of drug-likeness (QED) is 0.611. The fourth-order valence-electron chi connectivity index (χ4n) is 1.78. The Labute approximate surface area is 82.6 Å². The predicted octanol–water partition coefficient (Wildman–Crippen LogP) is 3.50. The minimum absolute atomic E-state index is 0.270. The van der Waals surface area contributed by atoms with E-state index in [0.29, 0.717) is 0 Å². The van der Waals surface area contributed by atoms with E-state index in [-0.39, 0.29) is 6.10 Å². The van der Waals surface area contributed by atoms with Crippen LogP contribution in [0.4, 0.5) is 0 Å². The van der Waals surface area contributed by atoms with Gasteiger partial charge in [0.25, 0.3) is 0 Å². The average Bonchev–Trinajstić information content (AvgIpc) is 2.67. The topological polar surface area (TPSA) is 9.23 Å². The Morgan fingerprint density at radius 1 is 1.00 bits per heavy atom. The van der Waals surface area contributed by atoms with Gasteiger partial charge >= 0.3 is 0 Å². The van der Waals surface area contributed by atoms with Crippen LogP contribution >= 0.6 is 0 Å². The normalized spacial score (nSPS) is 17.2. The van der Waals surface area contributed by atoms with Gasteiger partial charge in [0.2, 0.25) is 0 Å². The van der Waals surface area contributed by atoms with Crippen molar-refractivity contribution in [3.8, 4) is 0 Å². The molecular formula is C11H20OSi. The number of rotatable bonds is 5. The molecule has 74 valence electrons. The van der Waals surface area contributed by atoms with Gasteiger partial charge in [-0.25, -0.2) is 0 Å². The zero-order chi connectivity index (χ0) is 9.73. The van der Waals surface area contributed by atoms with Crippen molar-refractivity contribution in [1.29, 1.82) is 0 Å². The van der Waals surface area contributed by atoms with E-state index in [2.05, 4.69) is 45.1 Å². The van der Waals surface area contributed by atoms with E-state index in [1.165, 1.54) is 18.1 Å². The van der Waals surface area contributed by atoms with Crippen LogP contribution in [-0.4, -0.2) is 14.4 Å². The molecule has 0 fully saturated rings. The van der Waals surface area contributed by atoms with Crippen LogP contribution in [0.5, 0.6) is 0 Å². The summed E-state index contributed by atoms with van der Waals surface area (Å²) in [7, 11) is -1.38. The van der Waals surface area contributed by atoms with Crippen LogP contribution < -0.4 is 0 Å². The van der Waals surface area contributed by atoms with Crippen LogP contribution in [0.15, 0.2) is 24.3 Å². The Hall–Kier alpha value is -0.343. The Morgan fingerprint density at radius 3 is 1.85 bits per heavy atom. The highest BCUT2D eigenvalue weighted by Crippen LogP contribution is 2.24. The molecule has 0 aromatic rings. The van der Waals surface area contributed by atoms with Gasteiger partial charge in [0.1, 0.15) is 0 Å². The smallest absolute Gasteiger partial charge is 0.193 e. The molecule has 1 nitrogen and oxygen atoms in total. The first-order valence-electron chi connectivity index (χ1n) is 5.29. The van der Waals surface area contributed by atoms with Crippen molar-refractivity contribution < 1.29 is 4.43 Å². The zero-order valence-electron chi connectivity index (χ0n) is 8.92. The van der Waals surface area contributed by atoms with Gasteiger partial charge in [0, 0.05) is 0 Å². The Bertz CT molecular complexity index is 184. The molecule has 1 aliphatic carbocycles. The van der Waals surface area contributed by atoms with E-state index in [0.717, 1.165) is 0 Å². The summed E-state index contributed by atoms with van der Waals surface area (Å²) in [5.41, 5.74) is 0. The molecule has 0 atom stereocenters. The van der Waals surface area contributed by atoms with Gasteiger partial charge in [0.15, 0.2) is 8.32 Å². The van der Waals surface area contributed by atoms with E-state index in [1.807, 2.05) is 0 Å². The average molecular weight is 196 g/mol. The van der Waals surface area contributed by atoms with Crippen LogP contribution in [0.3, 0.4) is 0 Å². The summed E-state index contributed by atoms with van der Waals surface area (Å²) in [6, 6.07) is 3.70. The van der Waals surface area contributed by atoms with Gasteiger partial charge in [-0.2, -0.15) is 0 Å². The van der Waals surface area contributed by atoms with Crippen LogP contribution in [0, 0.1) is 0 Å². The minimum atomic E-state index is -1.38. The fourth-order valence-corrected chi connectivity index (χ4v) is 4.51. The van der Waals surface area contributed by atoms with Crippen molar-refractivity contribution in [2.75, 3.05) is 0 Å². The SMILES string of the molecule is CC[Si](CC)(CC)OC1C=CC=C1. The molecule has 13 heavy (non-hydrogen) atoms. The van der Waals surface area contributed by atoms with Gasteiger partial charge in [-0.1, -0.05) is 45.1 Å². The highest BCUT2D eigenvalue weighted by Gasteiger charge is 2.30. The van der Waals surface area contributed by atoms with E-state index in [4.69, 9.17) is 4.43 Å². The van der Waals surface area contributed by atoms with Crippen LogP contribution in [-0.2, 0) is 4.43 Å². The second-order valence-corrected chi connectivity index (χ2v) is 8.32. The summed E-state index contributed by atoms with van der Waals surface area (Å²) in [5.74, 6) is 0. The molecule has 2 heteroatoms. The molecule has 0 saturated carbocycles. The van der Waals surface area contributed by atoms with Gasteiger partial charge in [0.05, 0.1) is 6.10 Å². The Kier molecular flexibility index (Phi) is 3.94. The van der Waals surface area contributed by atoms with Gasteiger partial charge in [-0.05, 0) is 18.1 Å². The second kappa shape index (κ2) is 4.77. The maximum atomic E-state index is 6.21. The van der Waals surface area contributed by atoms with Crippen molar-refractivity contribution in [3.63, 3.8) is 0 Å². The molecule has 0 aromatic carbocycles. The summed E-state index contributed by atoms with van der Waals surface area (Å²) in [5, 5.41) is 0. The molecule has 0 saturated heterocycles. The Balaban J connectivity index is 2.55. The highest BCUT2D eigenvalue weighted by atomic mass is 28.4. The van der Waals surface area contributed by atoms with Crippen LogP contribution in [0.25, 0.3) is 0 Å². The molecule has 0 N–H and O–H groups in total. The first-order valence-corrected chi connectivity index (χ1v) is 7.82. The summed E-state index contributed by atoms with van der Waals surface area (Å²) in [6.45, 7) is 6.80. The van der Waals surface area contributed by atoms with E-state index >= 15 is 0 Å². The maximum Gasteiger partial charge on any atom is 0.193 e. The maximum absolute atomic E-state index is 6.21. The molecule has 1 aliphatic rings. The molecule has 0 spiro atoms. The standard InChI is InChI=1S/C11H20OSi/c1-4-13(5-2,6-3)12-11-9-7-8-10-11/h7-11H,4-6H2,1-3H3. The number of allylic oxidation sites excluding steroid dienone is 2. The van der Waals surface area contributed by atoms with Crippen molar-refractivity contribution >= 4 is 8.32 Å². The largest absolute Gasteiger partial charge is 0.407 e. The monoisotopic (exact) mass is 196 g/mol. The molecule has 0 aliphatic heterocycles. The summed E-state index contributed by atoms with van der Waals surface area (Å²) >= 11 is 0. The third-order valence-corrected chi connectivity index (χ3v) is 7.67. The molecule has 0 aromatic heterocycles. The molecule has 0 unspecified atom stereocenters. The van der Waals surface area contributed by atoms with Gasteiger partial charge < -0.3 is 4.43 Å². The molecule has 1 rings (SSSR count). The third-order valence-electron chi connectivity index (χ3n) is 3.03.